The van der Waals surface area contributed by atoms with Gasteiger partial charge in [0.2, 0.25) is 5.91 Å². The molecule has 4 nitrogen and oxygen atoms in total. The Morgan fingerprint density at radius 1 is 1.32 bits per heavy atom. The van der Waals surface area contributed by atoms with E-state index in [1.807, 2.05) is 36.4 Å². The van der Waals surface area contributed by atoms with Crippen LogP contribution in [0.15, 0.2) is 46.9 Å². The molecule has 0 unspecified atom stereocenters. The minimum absolute atomic E-state index is 0.0497. The molecule has 22 heavy (non-hydrogen) atoms. The van der Waals surface area contributed by atoms with Gasteiger partial charge in [-0.1, -0.05) is 17.8 Å². The van der Waals surface area contributed by atoms with Crippen molar-refractivity contribution in [1.29, 1.82) is 0 Å². The first kappa shape index (κ1) is 15.3. The van der Waals surface area contributed by atoms with Crippen LogP contribution >= 0.6 is 34.7 Å². The number of aromatic nitrogens is 2. The van der Waals surface area contributed by atoms with Crippen LogP contribution in [0, 0.1) is 0 Å². The fourth-order valence-electron chi connectivity index (χ4n) is 1.86. The lowest BCUT2D eigenvalue weighted by Gasteiger charge is -2.01. The molecule has 0 spiro atoms. The average Bonchev–Trinajstić information content (AvgIpc) is 2.96. The molecule has 1 N–H and O–H groups in total. The quantitative estimate of drug-likeness (QED) is 0.555. The Bertz CT molecular complexity index is 792. The van der Waals surface area contributed by atoms with Gasteiger partial charge in [0.05, 0.1) is 15.9 Å². The van der Waals surface area contributed by atoms with Crippen LogP contribution in [-0.4, -0.2) is 21.8 Å². The highest BCUT2D eigenvalue weighted by Crippen LogP contribution is 2.32. The molecule has 2 heterocycles. The summed E-state index contributed by atoms with van der Waals surface area (Å²) < 4.78 is 2.03. The minimum Gasteiger partial charge on any atom is -0.325 e. The Morgan fingerprint density at radius 2 is 2.23 bits per heavy atom. The molecule has 1 amide bonds. The number of hydrogen-bond donors (Lipinski definition) is 1. The fourth-order valence-corrected chi connectivity index (χ4v) is 3.95. The number of thioether (sulfide) groups is 1. The van der Waals surface area contributed by atoms with E-state index < -0.39 is 0 Å². The van der Waals surface area contributed by atoms with Gasteiger partial charge in [-0.25, -0.2) is 4.98 Å². The van der Waals surface area contributed by atoms with Gasteiger partial charge >= 0.3 is 0 Å². The SMILES string of the molecule is O=C(CCl)Nc1ccc2nc(SCc3ccccn3)sc2c1. The second-order valence-corrected chi connectivity index (χ2v) is 6.97. The van der Waals surface area contributed by atoms with Crippen LogP contribution in [0.25, 0.3) is 10.2 Å². The third kappa shape index (κ3) is 3.76. The molecule has 0 saturated carbocycles. The standard InChI is InChI=1S/C15H12ClN3OS2/c16-8-14(20)18-10-4-5-12-13(7-10)22-15(19-12)21-9-11-3-1-2-6-17-11/h1-7H,8-9H2,(H,18,20). The van der Waals surface area contributed by atoms with E-state index in [0.717, 1.165) is 31.7 Å². The predicted octanol–water partition coefficient (Wildman–Crippen LogP) is 4.16. The van der Waals surface area contributed by atoms with Crippen LogP contribution in [0.3, 0.4) is 0 Å². The van der Waals surface area contributed by atoms with Gasteiger partial charge in [0, 0.05) is 17.6 Å². The van der Waals surface area contributed by atoms with Crippen molar-refractivity contribution in [3.05, 3.63) is 48.3 Å². The molecular weight excluding hydrogens is 338 g/mol. The zero-order valence-electron chi connectivity index (χ0n) is 11.5. The van der Waals surface area contributed by atoms with E-state index in [4.69, 9.17) is 11.6 Å². The summed E-state index contributed by atoms with van der Waals surface area (Å²) in [7, 11) is 0. The van der Waals surface area contributed by atoms with E-state index in [9.17, 15) is 4.79 Å². The largest absolute Gasteiger partial charge is 0.325 e. The third-order valence-corrected chi connectivity index (χ3v) is 5.28. The average molecular weight is 350 g/mol. The van der Waals surface area contributed by atoms with Crippen LogP contribution in [0.4, 0.5) is 5.69 Å². The molecule has 2 aromatic heterocycles. The number of alkyl halides is 1. The Labute approximate surface area is 140 Å². The number of carbonyl (C=O) groups is 1. The monoisotopic (exact) mass is 349 g/mol. The molecule has 0 aliphatic rings. The number of hydrogen-bond acceptors (Lipinski definition) is 5. The molecule has 0 aliphatic carbocycles. The maximum absolute atomic E-state index is 11.3. The highest BCUT2D eigenvalue weighted by Gasteiger charge is 2.07. The number of fused-ring (bicyclic) bond motifs is 1. The number of nitrogens with zero attached hydrogens (tertiary/aromatic N) is 2. The summed E-state index contributed by atoms with van der Waals surface area (Å²) in [5.41, 5.74) is 2.70. The van der Waals surface area contributed by atoms with Gasteiger partial charge in [0.15, 0.2) is 4.34 Å². The number of rotatable bonds is 5. The first-order valence-electron chi connectivity index (χ1n) is 6.54. The molecule has 3 rings (SSSR count). The van der Waals surface area contributed by atoms with E-state index in [1.54, 1.807) is 29.3 Å². The van der Waals surface area contributed by atoms with Gasteiger partial charge in [0.25, 0.3) is 0 Å². The molecule has 112 valence electrons. The molecule has 0 fully saturated rings. The normalized spacial score (nSPS) is 10.8. The summed E-state index contributed by atoms with van der Waals surface area (Å²) in [6, 6.07) is 11.5. The van der Waals surface area contributed by atoms with Gasteiger partial charge in [-0.2, -0.15) is 0 Å². The molecule has 0 saturated heterocycles. The molecule has 0 radical (unpaired) electrons. The molecule has 7 heteroatoms. The van der Waals surface area contributed by atoms with Crippen molar-refractivity contribution in [2.24, 2.45) is 0 Å². The van der Waals surface area contributed by atoms with Crippen molar-refractivity contribution in [2.75, 3.05) is 11.2 Å². The highest BCUT2D eigenvalue weighted by molar-refractivity contribution is 8.00. The van der Waals surface area contributed by atoms with Crippen molar-refractivity contribution in [1.82, 2.24) is 9.97 Å². The van der Waals surface area contributed by atoms with Crippen LogP contribution in [-0.2, 0) is 10.5 Å². The maximum atomic E-state index is 11.3. The van der Waals surface area contributed by atoms with E-state index >= 15 is 0 Å². The Hall–Kier alpha value is -1.63. The molecule has 3 aromatic rings. The first-order chi connectivity index (χ1) is 10.7. The molecule has 0 atom stereocenters. The zero-order chi connectivity index (χ0) is 15.4. The lowest BCUT2D eigenvalue weighted by Crippen LogP contribution is -2.12. The van der Waals surface area contributed by atoms with Gasteiger partial charge < -0.3 is 5.32 Å². The van der Waals surface area contributed by atoms with Gasteiger partial charge in [-0.3, -0.25) is 9.78 Å². The van der Waals surface area contributed by atoms with Gasteiger partial charge in [-0.05, 0) is 30.3 Å². The number of pyridine rings is 1. The van der Waals surface area contributed by atoms with E-state index in [1.165, 1.54) is 0 Å². The predicted molar refractivity (Wildman–Crippen MR) is 92.8 cm³/mol. The molecule has 0 bridgehead atoms. The summed E-state index contributed by atoms with van der Waals surface area (Å²) in [5, 5.41) is 2.74. The van der Waals surface area contributed by atoms with E-state index in [-0.39, 0.29) is 11.8 Å². The molecule has 1 aromatic carbocycles. The van der Waals surface area contributed by atoms with Crippen molar-refractivity contribution in [3.8, 4) is 0 Å². The number of halogens is 1. The Balaban J connectivity index is 1.73. The number of amides is 1. The van der Waals surface area contributed by atoms with Crippen molar-refractivity contribution >= 4 is 56.5 Å². The second-order valence-electron chi connectivity index (χ2n) is 4.45. The van der Waals surface area contributed by atoms with Crippen LogP contribution in [0.2, 0.25) is 0 Å². The van der Waals surface area contributed by atoms with E-state index in [0.29, 0.717) is 0 Å². The number of carbonyl (C=O) groups excluding carboxylic acids is 1. The van der Waals surface area contributed by atoms with Crippen molar-refractivity contribution < 1.29 is 4.79 Å². The van der Waals surface area contributed by atoms with Gasteiger partial charge in [-0.15, -0.1) is 22.9 Å². The minimum atomic E-state index is -0.213. The summed E-state index contributed by atoms with van der Waals surface area (Å²) >= 11 is 8.76. The topological polar surface area (TPSA) is 54.9 Å². The van der Waals surface area contributed by atoms with Crippen LogP contribution in [0.5, 0.6) is 0 Å². The maximum Gasteiger partial charge on any atom is 0.239 e. The summed E-state index contributed by atoms with van der Waals surface area (Å²) in [4.78, 5) is 20.2. The smallest absolute Gasteiger partial charge is 0.239 e. The lowest BCUT2D eigenvalue weighted by atomic mass is 10.3. The summed E-state index contributed by atoms with van der Waals surface area (Å²) in [6.07, 6.45) is 1.79. The summed E-state index contributed by atoms with van der Waals surface area (Å²) in [6.45, 7) is 0. The second kappa shape index (κ2) is 7.09. The Kier molecular flexibility index (Phi) is 4.92. The number of nitrogens with one attached hydrogen (secondary N) is 1. The first-order valence-corrected chi connectivity index (χ1v) is 8.87. The summed E-state index contributed by atoms with van der Waals surface area (Å²) in [5.74, 6) is 0.526. The van der Waals surface area contributed by atoms with Crippen LogP contribution in [0.1, 0.15) is 5.69 Å². The zero-order valence-corrected chi connectivity index (χ0v) is 13.8. The van der Waals surface area contributed by atoms with Crippen LogP contribution < -0.4 is 5.32 Å². The highest BCUT2D eigenvalue weighted by atomic mass is 35.5. The number of thiazole rings is 1. The van der Waals surface area contributed by atoms with Gasteiger partial charge in [0.1, 0.15) is 5.88 Å². The van der Waals surface area contributed by atoms with E-state index in [2.05, 4.69) is 15.3 Å². The Morgan fingerprint density at radius 3 is 3.00 bits per heavy atom. The molecule has 0 aliphatic heterocycles. The number of anilines is 1. The lowest BCUT2D eigenvalue weighted by molar-refractivity contribution is -0.113. The molecular formula is C15H12ClN3OS2. The third-order valence-electron chi connectivity index (χ3n) is 2.84. The fraction of sp³-hybridized carbons (Fsp3) is 0.133. The number of benzene rings is 1. The van der Waals surface area contributed by atoms with Crippen molar-refractivity contribution in [3.63, 3.8) is 0 Å². The van der Waals surface area contributed by atoms with Crippen molar-refractivity contribution in [2.45, 2.75) is 10.1 Å².